The van der Waals surface area contributed by atoms with Gasteiger partial charge in [-0.2, -0.15) is 0 Å². The van der Waals surface area contributed by atoms with E-state index in [1.807, 2.05) is 0 Å². The molecule has 2 nitrogen and oxygen atoms in total. The van der Waals surface area contributed by atoms with Crippen molar-refractivity contribution in [3.8, 4) is 0 Å². The Morgan fingerprint density at radius 3 is 1.94 bits per heavy atom. The molecule has 1 unspecified atom stereocenters. The van der Waals surface area contributed by atoms with Gasteiger partial charge in [-0.3, -0.25) is 4.90 Å². The Morgan fingerprint density at radius 1 is 0.944 bits per heavy atom. The van der Waals surface area contributed by atoms with E-state index in [2.05, 4.69) is 39.5 Å². The van der Waals surface area contributed by atoms with Gasteiger partial charge in [-0.05, 0) is 25.2 Å². The number of hydrogen-bond donors (Lipinski definition) is 1. The standard InChI is InChI=1S/C16H36N2/c1-6-9-10-11-16(12-17)18(13-14(4)5)15(7-2)8-3/h14-16H,6-13,17H2,1-5H3. The van der Waals surface area contributed by atoms with Crippen LogP contribution in [-0.4, -0.2) is 30.1 Å². The molecule has 1 atom stereocenters. The molecule has 0 heterocycles. The van der Waals surface area contributed by atoms with Gasteiger partial charge in [0.05, 0.1) is 0 Å². The summed E-state index contributed by atoms with van der Waals surface area (Å²) in [5.41, 5.74) is 6.04. The van der Waals surface area contributed by atoms with Crippen molar-refractivity contribution < 1.29 is 0 Å². The van der Waals surface area contributed by atoms with Crippen molar-refractivity contribution in [1.82, 2.24) is 4.90 Å². The molecule has 110 valence electrons. The zero-order valence-electron chi connectivity index (χ0n) is 13.4. The first-order valence-corrected chi connectivity index (χ1v) is 8.06. The van der Waals surface area contributed by atoms with Gasteiger partial charge in [0, 0.05) is 25.2 Å². The normalized spacial score (nSPS) is 13.8. The van der Waals surface area contributed by atoms with Gasteiger partial charge < -0.3 is 5.73 Å². The van der Waals surface area contributed by atoms with Gasteiger partial charge >= 0.3 is 0 Å². The van der Waals surface area contributed by atoms with E-state index in [4.69, 9.17) is 5.73 Å². The molecule has 0 saturated carbocycles. The van der Waals surface area contributed by atoms with E-state index in [9.17, 15) is 0 Å². The second-order valence-electron chi connectivity index (χ2n) is 5.95. The minimum Gasteiger partial charge on any atom is -0.329 e. The van der Waals surface area contributed by atoms with Crippen molar-refractivity contribution in [2.75, 3.05) is 13.1 Å². The summed E-state index contributed by atoms with van der Waals surface area (Å²) < 4.78 is 0. The van der Waals surface area contributed by atoms with Crippen molar-refractivity contribution >= 4 is 0 Å². The van der Waals surface area contributed by atoms with Crippen molar-refractivity contribution in [1.29, 1.82) is 0 Å². The number of nitrogens with two attached hydrogens (primary N) is 1. The highest BCUT2D eigenvalue weighted by Gasteiger charge is 2.23. The molecule has 0 aromatic heterocycles. The quantitative estimate of drug-likeness (QED) is 0.565. The summed E-state index contributed by atoms with van der Waals surface area (Å²) in [6.45, 7) is 13.5. The lowest BCUT2D eigenvalue weighted by Gasteiger charge is -2.38. The van der Waals surface area contributed by atoms with Crippen LogP contribution in [0.3, 0.4) is 0 Å². The average Bonchev–Trinajstić information content (AvgIpc) is 2.35. The van der Waals surface area contributed by atoms with Crippen LogP contribution in [0.1, 0.15) is 73.1 Å². The molecule has 0 aliphatic rings. The predicted molar refractivity (Wildman–Crippen MR) is 82.9 cm³/mol. The van der Waals surface area contributed by atoms with Crippen molar-refractivity contribution in [3.63, 3.8) is 0 Å². The molecule has 2 heteroatoms. The first-order chi connectivity index (χ1) is 8.60. The molecule has 0 amide bonds. The maximum absolute atomic E-state index is 6.04. The smallest absolute Gasteiger partial charge is 0.0221 e. The van der Waals surface area contributed by atoms with Crippen molar-refractivity contribution in [2.45, 2.75) is 85.2 Å². The highest BCUT2D eigenvalue weighted by molar-refractivity contribution is 4.79. The van der Waals surface area contributed by atoms with E-state index in [1.165, 1.54) is 45.1 Å². The number of rotatable bonds is 11. The second-order valence-corrected chi connectivity index (χ2v) is 5.95. The first-order valence-electron chi connectivity index (χ1n) is 8.06. The largest absolute Gasteiger partial charge is 0.329 e. The van der Waals surface area contributed by atoms with Gasteiger partial charge in [0.2, 0.25) is 0 Å². The van der Waals surface area contributed by atoms with Crippen LogP contribution in [0.25, 0.3) is 0 Å². The van der Waals surface area contributed by atoms with Crippen molar-refractivity contribution in [3.05, 3.63) is 0 Å². The first kappa shape index (κ1) is 17.9. The third-order valence-electron chi connectivity index (χ3n) is 3.87. The molecule has 0 bridgehead atoms. The Balaban J connectivity index is 4.55. The Hall–Kier alpha value is -0.0800. The maximum atomic E-state index is 6.04. The molecule has 0 aromatic rings. The summed E-state index contributed by atoms with van der Waals surface area (Å²) in [5.74, 6) is 0.728. The lowest BCUT2D eigenvalue weighted by atomic mass is 10.0. The molecule has 0 fully saturated rings. The Labute approximate surface area is 115 Å². The van der Waals surface area contributed by atoms with Crippen molar-refractivity contribution in [2.24, 2.45) is 11.7 Å². The zero-order valence-corrected chi connectivity index (χ0v) is 13.4. The van der Waals surface area contributed by atoms with E-state index in [0.29, 0.717) is 12.1 Å². The van der Waals surface area contributed by atoms with E-state index >= 15 is 0 Å². The van der Waals surface area contributed by atoms with Gasteiger partial charge in [0.25, 0.3) is 0 Å². The van der Waals surface area contributed by atoms with Gasteiger partial charge in [0.15, 0.2) is 0 Å². The molecule has 2 N–H and O–H groups in total. The number of unbranched alkanes of at least 4 members (excludes halogenated alkanes) is 2. The minimum absolute atomic E-state index is 0.587. The lowest BCUT2D eigenvalue weighted by molar-refractivity contribution is 0.105. The van der Waals surface area contributed by atoms with Gasteiger partial charge in [-0.25, -0.2) is 0 Å². The lowest BCUT2D eigenvalue weighted by Crippen LogP contribution is -2.48. The average molecular weight is 256 g/mol. The molecule has 0 spiro atoms. The Kier molecular flexibility index (Phi) is 10.8. The second kappa shape index (κ2) is 10.8. The summed E-state index contributed by atoms with van der Waals surface area (Å²) in [7, 11) is 0. The van der Waals surface area contributed by atoms with Crippen LogP contribution in [0, 0.1) is 5.92 Å². The van der Waals surface area contributed by atoms with E-state index < -0.39 is 0 Å². The van der Waals surface area contributed by atoms with Crippen LogP contribution in [-0.2, 0) is 0 Å². The highest BCUT2D eigenvalue weighted by atomic mass is 15.2. The molecule has 18 heavy (non-hydrogen) atoms. The number of nitrogens with zero attached hydrogens (tertiary/aromatic N) is 1. The Morgan fingerprint density at radius 2 is 1.56 bits per heavy atom. The third-order valence-corrected chi connectivity index (χ3v) is 3.87. The Bertz CT molecular complexity index is 176. The summed E-state index contributed by atoms with van der Waals surface area (Å²) in [4.78, 5) is 2.69. The highest BCUT2D eigenvalue weighted by Crippen LogP contribution is 2.18. The van der Waals surface area contributed by atoms with Crippen LogP contribution in [0.4, 0.5) is 0 Å². The minimum atomic E-state index is 0.587. The fourth-order valence-corrected chi connectivity index (χ4v) is 2.82. The molecular formula is C16H36N2. The van der Waals surface area contributed by atoms with Gasteiger partial charge in [0.1, 0.15) is 0 Å². The summed E-state index contributed by atoms with van der Waals surface area (Å²) >= 11 is 0. The van der Waals surface area contributed by atoms with Crippen LogP contribution < -0.4 is 5.73 Å². The molecule has 0 radical (unpaired) electrons. The van der Waals surface area contributed by atoms with E-state index in [1.54, 1.807) is 0 Å². The molecule has 0 rings (SSSR count). The number of hydrogen-bond acceptors (Lipinski definition) is 2. The molecule has 0 saturated heterocycles. The van der Waals surface area contributed by atoms with E-state index in [0.717, 1.165) is 12.5 Å². The third kappa shape index (κ3) is 6.75. The van der Waals surface area contributed by atoms with Gasteiger partial charge in [-0.1, -0.05) is 53.9 Å². The van der Waals surface area contributed by atoms with Crippen LogP contribution in [0.15, 0.2) is 0 Å². The maximum Gasteiger partial charge on any atom is 0.0221 e. The van der Waals surface area contributed by atoms with Crippen LogP contribution in [0.2, 0.25) is 0 Å². The van der Waals surface area contributed by atoms with Gasteiger partial charge in [-0.15, -0.1) is 0 Å². The van der Waals surface area contributed by atoms with Crippen LogP contribution >= 0.6 is 0 Å². The van der Waals surface area contributed by atoms with E-state index in [-0.39, 0.29) is 0 Å². The monoisotopic (exact) mass is 256 g/mol. The zero-order chi connectivity index (χ0) is 14.0. The molecule has 0 aromatic carbocycles. The fraction of sp³-hybridized carbons (Fsp3) is 1.00. The molecular weight excluding hydrogens is 220 g/mol. The molecule has 0 aliphatic carbocycles. The molecule has 0 aliphatic heterocycles. The summed E-state index contributed by atoms with van der Waals surface area (Å²) in [5, 5.41) is 0. The topological polar surface area (TPSA) is 29.3 Å². The summed E-state index contributed by atoms with van der Waals surface area (Å²) in [6, 6.07) is 1.30. The van der Waals surface area contributed by atoms with Crippen LogP contribution in [0.5, 0.6) is 0 Å². The SMILES string of the molecule is CCCCCC(CN)N(CC(C)C)C(CC)CC. The summed E-state index contributed by atoms with van der Waals surface area (Å²) in [6.07, 6.45) is 7.73. The predicted octanol–water partition coefficient (Wildman–Crippen LogP) is 4.04. The fourth-order valence-electron chi connectivity index (χ4n) is 2.82.